The molecule has 3 N–H and O–H groups in total. The molecule has 0 radical (unpaired) electrons. The first kappa shape index (κ1) is 16.5. The average molecular weight is 315 g/mol. The molecule has 0 amide bonds. The van der Waals surface area contributed by atoms with Gasteiger partial charge >= 0.3 is 0 Å². The molecule has 21 heavy (non-hydrogen) atoms. The first-order valence-electron chi connectivity index (χ1n) is 7.42. The van der Waals surface area contributed by atoms with Crippen LogP contribution >= 0.6 is 0 Å². The van der Waals surface area contributed by atoms with Gasteiger partial charge < -0.3 is 15.0 Å². The third-order valence-electron chi connectivity index (χ3n) is 3.80. The molecule has 1 atom stereocenters. The van der Waals surface area contributed by atoms with E-state index < -0.39 is 10.0 Å². The van der Waals surface area contributed by atoms with Crippen molar-refractivity contribution in [2.45, 2.75) is 44.2 Å². The average Bonchev–Trinajstić information content (AvgIpc) is 2.92. The van der Waals surface area contributed by atoms with Crippen LogP contribution in [0.5, 0.6) is 0 Å². The lowest BCUT2D eigenvalue weighted by molar-refractivity contribution is 0.0568. The Kier molecular flexibility index (Phi) is 5.43. The fraction of sp³-hybridized carbons (Fsp3) is 0.714. The number of hydrogen-bond acceptors (Lipinski definition) is 4. The third-order valence-corrected chi connectivity index (χ3v) is 5.19. The molecule has 0 aromatic carbocycles. The van der Waals surface area contributed by atoms with Crippen molar-refractivity contribution in [2.24, 2.45) is 11.7 Å². The van der Waals surface area contributed by atoms with Gasteiger partial charge in [-0.2, -0.15) is 0 Å². The van der Waals surface area contributed by atoms with Crippen LogP contribution in [0.3, 0.4) is 0 Å². The van der Waals surface area contributed by atoms with Crippen LogP contribution in [0, 0.1) is 5.92 Å². The van der Waals surface area contributed by atoms with E-state index in [0.717, 1.165) is 25.1 Å². The van der Waals surface area contributed by atoms with E-state index in [1.165, 1.54) is 0 Å². The number of sulfonamides is 1. The number of nitrogens with two attached hydrogens (primary N) is 1. The van der Waals surface area contributed by atoms with Gasteiger partial charge in [-0.1, -0.05) is 0 Å². The zero-order valence-electron chi connectivity index (χ0n) is 12.7. The Labute approximate surface area is 126 Å². The topological polar surface area (TPSA) is 86.3 Å². The standard InChI is InChI=1S/C14H25N3O3S/c1-11(2)17-9-14(6-13(17)7-15)21(18,19)16-8-12-4-3-5-20-10-12/h6,9,11-12,16H,3-5,7-8,10,15H2,1-2H3. The molecule has 0 aliphatic carbocycles. The van der Waals surface area contributed by atoms with Gasteiger partial charge in [-0.15, -0.1) is 0 Å². The van der Waals surface area contributed by atoms with Gasteiger partial charge in [-0.25, -0.2) is 13.1 Å². The highest BCUT2D eigenvalue weighted by Gasteiger charge is 2.21. The molecule has 0 spiro atoms. The van der Waals surface area contributed by atoms with Crippen molar-refractivity contribution in [3.05, 3.63) is 18.0 Å². The summed E-state index contributed by atoms with van der Waals surface area (Å²) in [6, 6.07) is 1.83. The molecular weight excluding hydrogens is 290 g/mol. The number of nitrogens with zero attached hydrogens (tertiary/aromatic N) is 1. The summed E-state index contributed by atoms with van der Waals surface area (Å²) in [4.78, 5) is 0.286. The van der Waals surface area contributed by atoms with E-state index in [-0.39, 0.29) is 16.9 Å². The molecule has 1 aromatic heterocycles. The predicted octanol–water partition coefficient (Wildman–Crippen LogP) is 1.23. The van der Waals surface area contributed by atoms with Gasteiger partial charge in [0.2, 0.25) is 10.0 Å². The molecule has 6 nitrogen and oxygen atoms in total. The van der Waals surface area contributed by atoms with Crippen molar-refractivity contribution >= 4 is 10.0 Å². The second-order valence-electron chi connectivity index (χ2n) is 5.81. The van der Waals surface area contributed by atoms with Gasteiger partial charge in [0.15, 0.2) is 0 Å². The maximum atomic E-state index is 12.4. The molecule has 1 unspecified atom stereocenters. The van der Waals surface area contributed by atoms with Gasteiger partial charge in [0.1, 0.15) is 0 Å². The Balaban J connectivity index is 2.08. The van der Waals surface area contributed by atoms with Crippen LogP contribution in [0.25, 0.3) is 0 Å². The highest BCUT2D eigenvalue weighted by atomic mass is 32.2. The van der Waals surface area contributed by atoms with E-state index in [4.69, 9.17) is 10.5 Å². The lowest BCUT2D eigenvalue weighted by Gasteiger charge is -2.22. The Hall–Kier alpha value is -0.890. The number of hydrogen-bond donors (Lipinski definition) is 2. The quantitative estimate of drug-likeness (QED) is 0.827. The molecule has 0 bridgehead atoms. The molecule has 1 aliphatic rings. The van der Waals surface area contributed by atoms with Crippen LogP contribution < -0.4 is 10.5 Å². The molecule has 120 valence electrons. The van der Waals surface area contributed by atoms with Crippen LogP contribution in [0.15, 0.2) is 17.2 Å². The summed E-state index contributed by atoms with van der Waals surface area (Å²) in [5, 5.41) is 0. The molecular formula is C14H25N3O3S. The molecule has 0 saturated carbocycles. The van der Waals surface area contributed by atoms with Gasteiger partial charge in [0.25, 0.3) is 0 Å². The van der Waals surface area contributed by atoms with Crippen molar-refractivity contribution in [3.8, 4) is 0 Å². The van der Waals surface area contributed by atoms with Crippen LogP contribution in [-0.2, 0) is 21.3 Å². The lowest BCUT2D eigenvalue weighted by atomic mass is 10.0. The minimum absolute atomic E-state index is 0.180. The zero-order valence-corrected chi connectivity index (χ0v) is 13.5. The summed E-state index contributed by atoms with van der Waals surface area (Å²) in [5.41, 5.74) is 6.51. The van der Waals surface area contributed by atoms with Gasteiger partial charge in [-0.3, -0.25) is 0 Å². The molecule has 1 aromatic rings. The monoisotopic (exact) mass is 315 g/mol. The van der Waals surface area contributed by atoms with Crippen molar-refractivity contribution in [3.63, 3.8) is 0 Å². The third kappa shape index (κ3) is 4.06. The first-order chi connectivity index (χ1) is 9.94. The summed E-state index contributed by atoms with van der Waals surface area (Å²) in [5.74, 6) is 0.259. The predicted molar refractivity (Wildman–Crippen MR) is 81.4 cm³/mol. The molecule has 7 heteroatoms. The van der Waals surface area contributed by atoms with Crippen LogP contribution in [-0.4, -0.2) is 32.7 Å². The number of ether oxygens (including phenoxy) is 1. The number of aromatic nitrogens is 1. The van der Waals surface area contributed by atoms with Gasteiger partial charge in [-0.05, 0) is 38.7 Å². The van der Waals surface area contributed by atoms with E-state index in [9.17, 15) is 8.42 Å². The Morgan fingerprint density at radius 3 is 2.81 bits per heavy atom. The second kappa shape index (κ2) is 6.91. The fourth-order valence-electron chi connectivity index (χ4n) is 2.57. The minimum atomic E-state index is -3.49. The van der Waals surface area contributed by atoms with E-state index in [1.807, 2.05) is 18.4 Å². The summed E-state index contributed by atoms with van der Waals surface area (Å²) in [6.07, 6.45) is 3.66. The summed E-state index contributed by atoms with van der Waals surface area (Å²) in [6.45, 7) is 6.16. The molecule has 1 saturated heterocycles. The molecule has 2 rings (SSSR count). The summed E-state index contributed by atoms with van der Waals surface area (Å²) in [7, 11) is -3.49. The van der Waals surface area contributed by atoms with Crippen LogP contribution in [0.4, 0.5) is 0 Å². The largest absolute Gasteiger partial charge is 0.381 e. The van der Waals surface area contributed by atoms with Crippen molar-refractivity contribution in [2.75, 3.05) is 19.8 Å². The Morgan fingerprint density at radius 2 is 2.29 bits per heavy atom. The number of rotatable bonds is 6. The maximum absolute atomic E-state index is 12.4. The normalized spacial score (nSPS) is 20.1. The highest BCUT2D eigenvalue weighted by Crippen LogP contribution is 2.19. The molecule has 1 fully saturated rings. The summed E-state index contributed by atoms with van der Waals surface area (Å²) >= 11 is 0. The smallest absolute Gasteiger partial charge is 0.242 e. The Morgan fingerprint density at radius 1 is 1.52 bits per heavy atom. The SMILES string of the molecule is CC(C)n1cc(S(=O)(=O)NCC2CCCOC2)cc1CN. The maximum Gasteiger partial charge on any atom is 0.242 e. The highest BCUT2D eigenvalue weighted by molar-refractivity contribution is 7.89. The molecule has 2 heterocycles. The zero-order chi connectivity index (χ0) is 15.5. The van der Waals surface area contributed by atoms with Crippen molar-refractivity contribution in [1.29, 1.82) is 0 Å². The van der Waals surface area contributed by atoms with E-state index in [0.29, 0.717) is 19.7 Å². The van der Waals surface area contributed by atoms with Crippen molar-refractivity contribution < 1.29 is 13.2 Å². The second-order valence-corrected chi connectivity index (χ2v) is 7.57. The summed E-state index contributed by atoms with van der Waals surface area (Å²) < 4.78 is 34.7. The number of nitrogens with one attached hydrogen (secondary N) is 1. The van der Waals surface area contributed by atoms with E-state index >= 15 is 0 Å². The van der Waals surface area contributed by atoms with Gasteiger partial charge in [0.05, 0.1) is 11.5 Å². The fourth-order valence-corrected chi connectivity index (χ4v) is 3.73. The lowest BCUT2D eigenvalue weighted by Crippen LogP contribution is -2.33. The molecule has 1 aliphatic heterocycles. The van der Waals surface area contributed by atoms with E-state index in [2.05, 4.69) is 4.72 Å². The first-order valence-corrected chi connectivity index (χ1v) is 8.90. The minimum Gasteiger partial charge on any atom is -0.381 e. The van der Waals surface area contributed by atoms with Gasteiger partial charge in [0, 0.05) is 37.6 Å². The Bertz CT molecular complexity index is 560. The van der Waals surface area contributed by atoms with Crippen LogP contribution in [0.2, 0.25) is 0 Å². The van der Waals surface area contributed by atoms with Crippen molar-refractivity contribution in [1.82, 2.24) is 9.29 Å². The van der Waals surface area contributed by atoms with E-state index in [1.54, 1.807) is 12.3 Å². The van der Waals surface area contributed by atoms with Crippen LogP contribution in [0.1, 0.15) is 38.4 Å².